The number of rotatable bonds is 3. The van der Waals surface area contributed by atoms with E-state index in [4.69, 9.17) is 15.8 Å². The molecule has 100 valence electrons. The number of nitrogens with zero attached hydrogens (tertiary/aromatic N) is 5. The van der Waals surface area contributed by atoms with Gasteiger partial charge in [0.15, 0.2) is 5.57 Å². The Morgan fingerprint density at radius 3 is 2.48 bits per heavy atom. The molecule has 0 spiro atoms. The largest absolute Gasteiger partial charge is 0.345 e. The van der Waals surface area contributed by atoms with Gasteiger partial charge in [-0.15, -0.1) is 10.2 Å². The van der Waals surface area contributed by atoms with Crippen molar-refractivity contribution in [3.63, 3.8) is 0 Å². The zero-order valence-electron chi connectivity index (χ0n) is 11.0. The van der Waals surface area contributed by atoms with Gasteiger partial charge in [-0.1, -0.05) is 23.5 Å². The van der Waals surface area contributed by atoms with Gasteiger partial charge in [0.1, 0.15) is 33.9 Å². The normalized spacial score (nSPS) is 9.05. The molecule has 2 rings (SSSR count). The first kappa shape index (κ1) is 14.2. The molecule has 0 fully saturated rings. The Bertz CT molecular complexity index is 812. The molecule has 2 aromatic rings. The molecule has 0 aliphatic rings. The van der Waals surface area contributed by atoms with Gasteiger partial charge < -0.3 is 5.32 Å². The Morgan fingerprint density at radius 2 is 1.90 bits per heavy atom. The SMILES string of the molecule is Cc1nnc(-c2cccc(NC(C#N)=C(C#N)C#N)c2)s1. The molecule has 0 aliphatic carbocycles. The minimum absolute atomic E-state index is 0.0782. The van der Waals surface area contributed by atoms with E-state index in [1.54, 1.807) is 30.3 Å². The highest BCUT2D eigenvalue weighted by Crippen LogP contribution is 2.26. The lowest BCUT2D eigenvalue weighted by atomic mass is 10.2. The molecule has 1 heterocycles. The van der Waals surface area contributed by atoms with Crippen LogP contribution in [-0.2, 0) is 0 Å². The summed E-state index contributed by atoms with van der Waals surface area (Å²) < 4.78 is 0. The van der Waals surface area contributed by atoms with E-state index in [0.29, 0.717) is 5.69 Å². The number of hydrogen-bond donors (Lipinski definition) is 1. The summed E-state index contributed by atoms with van der Waals surface area (Å²) in [6.07, 6.45) is 0. The first-order valence-corrected chi connectivity index (χ1v) is 6.61. The molecule has 0 saturated heterocycles. The molecule has 0 bridgehead atoms. The Labute approximate surface area is 125 Å². The third-order valence-corrected chi connectivity index (χ3v) is 3.38. The van der Waals surface area contributed by atoms with E-state index < -0.39 is 0 Å². The molecular weight excluding hydrogens is 284 g/mol. The summed E-state index contributed by atoms with van der Waals surface area (Å²) in [6, 6.07) is 12.4. The van der Waals surface area contributed by atoms with Gasteiger partial charge in [-0.2, -0.15) is 15.8 Å². The average Bonchev–Trinajstić information content (AvgIpc) is 2.94. The molecule has 1 aromatic carbocycles. The van der Waals surface area contributed by atoms with Crippen LogP contribution in [0.25, 0.3) is 10.6 Å². The van der Waals surface area contributed by atoms with E-state index in [1.165, 1.54) is 11.3 Å². The summed E-state index contributed by atoms with van der Waals surface area (Å²) in [7, 11) is 0. The number of aromatic nitrogens is 2. The first-order chi connectivity index (χ1) is 10.2. The fourth-order valence-corrected chi connectivity index (χ4v) is 2.26. The zero-order valence-corrected chi connectivity index (χ0v) is 11.8. The Kier molecular flexibility index (Phi) is 4.26. The number of anilines is 1. The van der Waals surface area contributed by atoms with Crippen molar-refractivity contribution in [3.05, 3.63) is 40.5 Å². The first-order valence-electron chi connectivity index (χ1n) is 5.80. The quantitative estimate of drug-likeness (QED) is 0.871. The van der Waals surface area contributed by atoms with Gasteiger partial charge in [0.2, 0.25) is 0 Å². The average molecular weight is 292 g/mol. The molecule has 21 heavy (non-hydrogen) atoms. The van der Waals surface area contributed by atoms with Crippen molar-refractivity contribution in [3.8, 4) is 28.8 Å². The molecule has 0 amide bonds. The molecule has 6 nitrogen and oxygen atoms in total. The van der Waals surface area contributed by atoms with E-state index >= 15 is 0 Å². The van der Waals surface area contributed by atoms with Crippen LogP contribution in [0.5, 0.6) is 0 Å². The van der Waals surface area contributed by atoms with Gasteiger partial charge in [0, 0.05) is 11.3 Å². The summed E-state index contributed by atoms with van der Waals surface area (Å²) >= 11 is 1.46. The summed E-state index contributed by atoms with van der Waals surface area (Å²) in [4.78, 5) is 0. The number of aryl methyl sites for hydroxylation is 1. The van der Waals surface area contributed by atoms with Crippen LogP contribution in [-0.4, -0.2) is 10.2 Å². The van der Waals surface area contributed by atoms with Gasteiger partial charge in [-0.3, -0.25) is 0 Å². The van der Waals surface area contributed by atoms with Crippen LogP contribution >= 0.6 is 11.3 Å². The minimum atomic E-state index is -0.255. The predicted octanol–water partition coefficient (Wildman–Crippen LogP) is 2.75. The van der Waals surface area contributed by atoms with Crippen molar-refractivity contribution in [2.45, 2.75) is 6.92 Å². The third-order valence-electron chi connectivity index (χ3n) is 2.49. The Morgan fingerprint density at radius 1 is 1.14 bits per heavy atom. The van der Waals surface area contributed by atoms with Crippen LogP contribution in [0.4, 0.5) is 5.69 Å². The van der Waals surface area contributed by atoms with Crippen LogP contribution in [0.3, 0.4) is 0 Å². The van der Waals surface area contributed by atoms with Crippen LogP contribution in [0.15, 0.2) is 35.5 Å². The number of allylic oxidation sites excluding steroid dienone is 2. The van der Waals surface area contributed by atoms with Crippen LogP contribution < -0.4 is 5.32 Å². The maximum absolute atomic E-state index is 9.02. The number of nitriles is 3. The smallest absolute Gasteiger partial charge is 0.163 e. The lowest BCUT2D eigenvalue weighted by Crippen LogP contribution is -2.00. The number of hydrogen-bond acceptors (Lipinski definition) is 7. The molecule has 0 radical (unpaired) electrons. The van der Waals surface area contributed by atoms with Gasteiger partial charge in [-0.25, -0.2) is 0 Å². The molecule has 7 heteroatoms. The lowest BCUT2D eigenvalue weighted by molar-refractivity contribution is 1.05. The second kappa shape index (κ2) is 6.29. The molecular formula is C14H8N6S. The van der Waals surface area contributed by atoms with Gasteiger partial charge in [0.25, 0.3) is 0 Å². The Balaban J connectivity index is 2.36. The molecule has 0 atom stereocenters. The van der Waals surface area contributed by atoms with Crippen molar-refractivity contribution < 1.29 is 0 Å². The van der Waals surface area contributed by atoms with E-state index in [-0.39, 0.29) is 11.3 Å². The van der Waals surface area contributed by atoms with Gasteiger partial charge in [-0.05, 0) is 19.1 Å². The topological polar surface area (TPSA) is 109 Å². The highest BCUT2D eigenvalue weighted by atomic mass is 32.1. The van der Waals surface area contributed by atoms with Gasteiger partial charge >= 0.3 is 0 Å². The maximum Gasteiger partial charge on any atom is 0.163 e. The van der Waals surface area contributed by atoms with Crippen molar-refractivity contribution in [2.75, 3.05) is 5.32 Å². The van der Waals surface area contributed by atoms with Crippen molar-refractivity contribution in [1.29, 1.82) is 15.8 Å². The number of nitrogens with one attached hydrogen (secondary N) is 1. The second-order valence-corrected chi connectivity index (χ2v) is 5.10. The second-order valence-electron chi connectivity index (χ2n) is 3.92. The maximum atomic E-state index is 9.02. The van der Waals surface area contributed by atoms with E-state index in [9.17, 15) is 0 Å². The molecule has 0 aliphatic heterocycles. The Hall–Kier alpha value is -3.21. The number of benzene rings is 1. The fraction of sp³-hybridized carbons (Fsp3) is 0.0714. The summed E-state index contributed by atoms with van der Waals surface area (Å²) in [5.41, 5.74) is 1.11. The van der Waals surface area contributed by atoms with E-state index in [2.05, 4.69) is 15.5 Å². The van der Waals surface area contributed by atoms with Crippen molar-refractivity contribution >= 4 is 17.0 Å². The third kappa shape index (κ3) is 3.22. The van der Waals surface area contributed by atoms with Gasteiger partial charge in [0.05, 0.1) is 0 Å². The molecule has 0 unspecified atom stereocenters. The lowest BCUT2D eigenvalue weighted by Gasteiger charge is -2.05. The summed E-state index contributed by atoms with van der Waals surface area (Å²) in [5.74, 6) is 0. The monoisotopic (exact) mass is 292 g/mol. The van der Waals surface area contributed by atoms with E-state index in [0.717, 1.165) is 15.6 Å². The highest BCUT2D eigenvalue weighted by molar-refractivity contribution is 7.14. The molecule has 1 aromatic heterocycles. The standard InChI is InChI=1S/C14H8N6S/c1-9-19-20-14(21-9)10-3-2-4-12(5-10)18-13(8-17)11(6-15)7-16/h2-5,18H,1H3. The predicted molar refractivity (Wildman–Crippen MR) is 77.6 cm³/mol. The zero-order chi connectivity index (χ0) is 15.2. The minimum Gasteiger partial charge on any atom is -0.345 e. The highest BCUT2D eigenvalue weighted by Gasteiger charge is 2.08. The van der Waals surface area contributed by atoms with Crippen molar-refractivity contribution in [2.24, 2.45) is 0 Å². The molecule has 0 saturated carbocycles. The van der Waals surface area contributed by atoms with Crippen LogP contribution in [0.1, 0.15) is 5.01 Å². The van der Waals surface area contributed by atoms with Crippen molar-refractivity contribution in [1.82, 2.24) is 10.2 Å². The summed E-state index contributed by atoms with van der Waals surface area (Å²) in [5, 5.41) is 39.0. The van der Waals surface area contributed by atoms with Crippen LogP contribution in [0, 0.1) is 40.9 Å². The molecule has 1 N–H and O–H groups in total. The fourth-order valence-electron chi connectivity index (χ4n) is 1.57. The summed E-state index contributed by atoms with van der Waals surface area (Å²) in [6.45, 7) is 1.87. The van der Waals surface area contributed by atoms with Crippen LogP contribution in [0.2, 0.25) is 0 Å². The van der Waals surface area contributed by atoms with E-state index in [1.807, 2.05) is 19.1 Å².